The largest absolute Gasteiger partial charge is 0.423 e. The zero-order valence-corrected chi connectivity index (χ0v) is 19.3. The minimum absolute atomic E-state index is 0.448. The second-order valence-electron chi connectivity index (χ2n) is 9.09. The standard InChI is InChI=1S/C30H29NO2/c1-4-30(32)33-25-15-11-22(12-16-25)9-10-23-13-17-29-27(19-23)26-6-5-7-28(26)31(29)24-14-8-20(2)21(3)18-24/h4,8-19,26,28H,1,5-7H2,2-3H3. The molecule has 1 fully saturated rings. The highest BCUT2D eigenvalue weighted by Crippen LogP contribution is 2.52. The van der Waals surface area contributed by atoms with E-state index in [0.29, 0.717) is 17.7 Å². The first-order valence-corrected chi connectivity index (χ1v) is 11.7. The minimum atomic E-state index is -0.448. The molecule has 2 atom stereocenters. The molecule has 5 rings (SSSR count). The van der Waals surface area contributed by atoms with Gasteiger partial charge in [-0.15, -0.1) is 0 Å². The molecule has 2 unspecified atom stereocenters. The first kappa shape index (κ1) is 21.3. The Morgan fingerprint density at radius 1 is 0.939 bits per heavy atom. The summed E-state index contributed by atoms with van der Waals surface area (Å²) in [6.45, 7) is 7.80. The smallest absolute Gasteiger partial charge is 0.335 e. The Bertz CT molecular complexity index is 1240. The van der Waals surface area contributed by atoms with Gasteiger partial charge in [-0.3, -0.25) is 0 Å². The van der Waals surface area contributed by atoms with Gasteiger partial charge in [-0.05, 0) is 90.9 Å². The Kier molecular flexibility index (Phi) is 5.63. The average molecular weight is 436 g/mol. The highest BCUT2D eigenvalue weighted by Gasteiger charge is 2.42. The number of rotatable bonds is 5. The Morgan fingerprint density at radius 3 is 2.45 bits per heavy atom. The van der Waals surface area contributed by atoms with Crippen molar-refractivity contribution in [2.24, 2.45) is 0 Å². The molecule has 3 heteroatoms. The summed E-state index contributed by atoms with van der Waals surface area (Å²) in [5, 5.41) is 0. The first-order chi connectivity index (χ1) is 16.0. The highest BCUT2D eigenvalue weighted by molar-refractivity contribution is 5.83. The fraction of sp³-hybridized carbons (Fsp3) is 0.233. The van der Waals surface area contributed by atoms with E-state index < -0.39 is 5.97 Å². The lowest BCUT2D eigenvalue weighted by Crippen LogP contribution is -2.26. The molecule has 0 bridgehead atoms. The molecule has 33 heavy (non-hydrogen) atoms. The summed E-state index contributed by atoms with van der Waals surface area (Å²) in [6, 6.07) is 21.8. The molecule has 2 aliphatic rings. The summed E-state index contributed by atoms with van der Waals surface area (Å²) in [5.41, 5.74) is 9.11. The molecule has 3 nitrogen and oxygen atoms in total. The van der Waals surface area contributed by atoms with Gasteiger partial charge in [-0.1, -0.05) is 49.4 Å². The van der Waals surface area contributed by atoms with E-state index in [-0.39, 0.29) is 0 Å². The van der Waals surface area contributed by atoms with Crippen molar-refractivity contribution in [1.29, 1.82) is 0 Å². The molecular formula is C30H29NO2. The van der Waals surface area contributed by atoms with Crippen molar-refractivity contribution < 1.29 is 9.53 Å². The van der Waals surface area contributed by atoms with E-state index >= 15 is 0 Å². The molecule has 1 saturated carbocycles. The van der Waals surface area contributed by atoms with E-state index in [0.717, 1.165) is 11.6 Å². The van der Waals surface area contributed by atoms with Crippen molar-refractivity contribution in [2.45, 2.75) is 45.1 Å². The summed E-state index contributed by atoms with van der Waals surface area (Å²) in [7, 11) is 0. The third-order valence-electron chi connectivity index (χ3n) is 7.02. The predicted molar refractivity (Wildman–Crippen MR) is 136 cm³/mol. The Balaban J connectivity index is 1.40. The van der Waals surface area contributed by atoms with Gasteiger partial charge in [0.05, 0.1) is 0 Å². The number of fused-ring (bicyclic) bond motifs is 3. The van der Waals surface area contributed by atoms with Crippen LogP contribution >= 0.6 is 0 Å². The van der Waals surface area contributed by atoms with Crippen LogP contribution in [0.2, 0.25) is 0 Å². The number of benzene rings is 3. The van der Waals surface area contributed by atoms with Gasteiger partial charge in [0, 0.05) is 29.4 Å². The number of hydrogen-bond acceptors (Lipinski definition) is 3. The third kappa shape index (κ3) is 4.11. The maximum absolute atomic E-state index is 11.3. The number of esters is 1. The number of anilines is 2. The van der Waals surface area contributed by atoms with Crippen molar-refractivity contribution in [2.75, 3.05) is 4.90 Å². The minimum Gasteiger partial charge on any atom is -0.423 e. The molecule has 0 amide bonds. The van der Waals surface area contributed by atoms with Crippen LogP contribution in [0.4, 0.5) is 11.4 Å². The predicted octanol–water partition coefficient (Wildman–Crippen LogP) is 7.35. The zero-order chi connectivity index (χ0) is 22.9. The molecule has 0 aromatic heterocycles. The van der Waals surface area contributed by atoms with E-state index in [1.807, 2.05) is 12.1 Å². The van der Waals surface area contributed by atoms with E-state index in [1.54, 1.807) is 12.1 Å². The maximum Gasteiger partial charge on any atom is 0.335 e. The van der Waals surface area contributed by atoms with Gasteiger partial charge in [0.25, 0.3) is 0 Å². The Hall–Kier alpha value is -3.59. The zero-order valence-electron chi connectivity index (χ0n) is 19.3. The molecule has 0 N–H and O–H groups in total. The van der Waals surface area contributed by atoms with Crippen LogP contribution in [0.1, 0.15) is 53.0 Å². The summed E-state index contributed by atoms with van der Waals surface area (Å²) < 4.78 is 5.15. The van der Waals surface area contributed by atoms with Crippen LogP contribution < -0.4 is 9.64 Å². The lowest BCUT2D eigenvalue weighted by molar-refractivity contribution is -0.128. The van der Waals surface area contributed by atoms with E-state index in [1.165, 1.54) is 52.9 Å². The van der Waals surface area contributed by atoms with Gasteiger partial charge in [-0.2, -0.15) is 0 Å². The van der Waals surface area contributed by atoms with Gasteiger partial charge in [0.15, 0.2) is 0 Å². The molecule has 0 radical (unpaired) electrons. The highest BCUT2D eigenvalue weighted by atomic mass is 16.5. The Labute approximate surface area is 196 Å². The van der Waals surface area contributed by atoms with Crippen molar-refractivity contribution in [1.82, 2.24) is 0 Å². The van der Waals surface area contributed by atoms with Crippen LogP contribution in [0.15, 0.2) is 73.3 Å². The lowest BCUT2D eigenvalue weighted by atomic mass is 9.95. The fourth-order valence-electron chi connectivity index (χ4n) is 5.19. The number of carbonyl (C=O) groups is 1. The number of aryl methyl sites for hydroxylation is 2. The number of ether oxygens (including phenoxy) is 1. The summed E-state index contributed by atoms with van der Waals surface area (Å²) in [4.78, 5) is 13.9. The molecule has 3 aromatic rings. The molecule has 0 saturated heterocycles. The van der Waals surface area contributed by atoms with E-state index in [4.69, 9.17) is 4.74 Å². The van der Waals surface area contributed by atoms with Crippen LogP contribution in [0.5, 0.6) is 5.75 Å². The molecule has 166 valence electrons. The third-order valence-corrected chi connectivity index (χ3v) is 7.02. The monoisotopic (exact) mass is 435 g/mol. The molecule has 3 aromatic carbocycles. The number of carbonyl (C=O) groups excluding carboxylic acids is 1. The fourth-order valence-corrected chi connectivity index (χ4v) is 5.19. The molecular weight excluding hydrogens is 406 g/mol. The molecule has 1 aliphatic carbocycles. The quantitative estimate of drug-likeness (QED) is 0.182. The summed E-state index contributed by atoms with van der Waals surface area (Å²) in [5.74, 6) is 0.679. The lowest BCUT2D eigenvalue weighted by Gasteiger charge is -2.27. The van der Waals surface area contributed by atoms with Crippen molar-refractivity contribution in [3.8, 4) is 5.75 Å². The molecule has 1 heterocycles. The van der Waals surface area contributed by atoms with Gasteiger partial charge in [0.1, 0.15) is 5.75 Å². The molecule has 0 spiro atoms. The van der Waals surface area contributed by atoms with Gasteiger partial charge < -0.3 is 9.64 Å². The van der Waals surface area contributed by atoms with Crippen molar-refractivity contribution >= 4 is 29.5 Å². The van der Waals surface area contributed by atoms with Gasteiger partial charge in [0.2, 0.25) is 0 Å². The normalized spacial score (nSPS) is 18.9. The van der Waals surface area contributed by atoms with Crippen LogP contribution in [-0.2, 0) is 4.79 Å². The Morgan fingerprint density at radius 2 is 1.70 bits per heavy atom. The first-order valence-electron chi connectivity index (χ1n) is 11.7. The number of nitrogens with zero attached hydrogens (tertiary/aromatic N) is 1. The second-order valence-corrected chi connectivity index (χ2v) is 9.09. The SMILES string of the molecule is C=CC(=O)Oc1ccc(C=Cc2ccc3c(c2)C2CCCC2N3c2ccc(C)c(C)c2)cc1. The van der Waals surface area contributed by atoms with Crippen molar-refractivity contribution in [3.63, 3.8) is 0 Å². The van der Waals surface area contributed by atoms with E-state index in [9.17, 15) is 4.79 Å². The maximum atomic E-state index is 11.3. The van der Waals surface area contributed by atoms with Crippen LogP contribution in [-0.4, -0.2) is 12.0 Å². The molecule has 1 aliphatic heterocycles. The number of hydrogen-bond donors (Lipinski definition) is 0. The summed E-state index contributed by atoms with van der Waals surface area (Å²) in [6.07, 6.45) is 9.23. The van der Waals surface area contributed by atoms with Crippen LogP contribution in [0.3, 0.4) is 0 Å². The summed E-state index contributed by atoms with van der Waals surface area (Å²) >= 11 is 0. The van der Waals surface area contributed by atoms with Gasteiger partial charge >= 0.3 is 5.97 Å². The van der Waals surface area contributed by atoms with Gasteiger partial charge in [-0.25, -0.2) is 4.79 Å². The van der Waals surface area contributed by atoms with Crippen LogP contribution in [0.25, 0.3) is 12.2 Å². The second kappa shape index (κ2) is 8.74. The van der Waals surface area contributed by atoms with E-state index in [2.05, 4.69) is 73.9 Å². The van der Waals surface area contributed by atoms with Crippen LogP contribution in [0, 0.1) is 13.8 Å². The average Bonchev–Trinajstić information content (AvgIpc) is 3.41. The topological polar surface area (TPSA) is 29.5 Å². The van der Waals surface area contributed by atoms with Crippen molar-refractivity contribution in [3.05, 3.63) is 101 Å².